The molecular formula is C20H25N5O. The fourth-order valence-electron chi connectivity index (χ4n) is 3.23. The number of carbonyl (C=O) groups is 1. The van der Waals surface area contributed by atoms with Crippen LogP contribution in [0.1, 0.15) is 38.7 Å². The van der Waals surface area contributed by atoms with Gasteiger partial charge in [-0.2, -0.15) is 10.2 Å². The molecule has 0 aliphatic rings. The zero-order valence-electron chi connectivity index (χ0n) is 16.0. The van der Waals surface area contributed by atoms with Gasteiger partial charge in [0.25, 0.3) is 5.91 Å². The molecule has 0 aliphatic carbocycles. The maximum atomic E-state index is 12.4. The Hall–Kier alpha value is -2.89. The maximum absolute atomic E-state index is 12.4. The minimum Gasteiger partial charge on any atom is -0.352 e. The van der Waals surface area contributed by atoms with E-state index in [4.69, 9.17) is 0 Å². The molecule has 0 atom stereocenters. The van der Waals surface area contributed by atoms with Gasteiger partial charge in [0.05, 0.1) is 17.1 Å². The molecule has 3 aromatic rings. The Morgan fingerprint density at radius 1 is 1.08 bits per heavy atom. The van der Waals surface area contributed by atoms with Crippen molar-refractivity contribution >= 4 is 5.91 Å². The summed E-state index contributed by atoms with van der Waals surface area (Å²) < 4.78 is 3.76. The van der Waals surface area contributed by atoms with Gasteiger partial charge in [0.1, 0.15) is 0 Å². The lowest BCUT2D eigenvalue weighted by Gasteiger charge is -2.08. The third-order valence-corrected chi connectivity index (χ3v) is 4.70. The van der Waals surface area contributed by atoms with Gasteiger partial charge in [0.2, 0.25) is 0 Å². The van der Waals surface area contributed by atoms with Crippen molar-refractivity contribution in [3.8, 4) is 5.69 Å². The van der Waals surface area contributed by atoms with Crippen LogP contribution in [0.5, 0.6) is 0 Å². The molecule has 2 heterocycles. The number of aromatic nitrogens is 4. The Balaban J connectivity index is 1.62. The van der Waals surface area contributed by atoms with Crippen LogP contribution in [-0.4, -0.2) is 32.0 Å². The van der Waals surface area contributed by atoms with Gasteiger partial charge in [-0.25, -0.2) is 4.68 Å². The van der Waals surface area contributed by atoms with E-state index in [1.165, 1.54) is 5.56 Å². The second-order valence-corrected chi connectivity index (χ2v) is 6.66. The SMILES string of the molecule is Cc1cc(C)n(-c2ccc(C(=O)NCCc3c(C)nn(C)c3C)cc2)n1. The molecule has 136 valence electrons. The monoisotopic (exact) mass is 351 g/mol. The first kappa shape index (κ1) is 17.9. The van der Waals surface area contributed by atoms with Crippen molar-refractivity contribution in [3.05, 3.63) is 64.2 Å². The fraction of sp³-hybridized carbons (Fsp3) is 0.350. The number of aryl methyl sites for hydroxylation is 4. The van der Waals surface area contributed by atoms with Crippen molar-refractivity contribution < 1.29 is 4.79 Å². The van der Waals surface area contributed by atoms with Crippen LogP contribution in [0.15, 0.2) is 30.3 Å². The highest BCUT2D eigenvalue weighted by Gasteiger charge is 2.11. The predicted molar refractivity (Wildman–Crippen MR) is 102 cm³/mol. The Morgan fingerprint density at radius 3 is 2.31 bits per heavy atom. The van der Waals surface area contributed by atoms with Gasteiger partial charge in [-0.1, -0.05) is 0 Å². The third-order valence-electron chi connectivity index (χ3n) is 4.70. The zero-order valence-corrected chi connectivity index (χ0v) is 16.0. The smallest absolute Gasteiger partial charge is 0.251 e. The van der Waals surface area contributed by atoms with Crippen molar-refractivity contribution in [2.24, 2.45) is 7.05 Å². The molecule has 0 bridgehead atoms. The molecule has 0 radical (unpaired) electrons. The minimum atomic E-state index is -0.0656. The highest BCUT2D eigenvalue weighted by molar-refractivity contribution is 5.94. The summed E-state index contributed by atoms with van der Waals surface area (Å²) >= 11 is 0. The molecule has 0 spiro atoms. The van der Waals surface area contributed by atoms with E-state index in [-0.39, 0.29) is 5.91 Å². The second kappa shape index (κ2) is 7.15. The zero-order chi connectivity index (χ0) is 18.8. The number of amides is 1. The van der Waals surface area contributed by atoms with Gasteiger partial charge in [0, 0.05) is 30.5 Å². The van der Waals surface area contributed by atoms with Crippen molar-refractivity contribution in [3.63, 3.8) is 0 Å². The lowest BCUT2D eigenvalue weighted by atomic mass is 10.1. The summed E-state index contributed by atoms with van der Waals surface area (Å²) in [6.07, 6.45) is 0.779. The summed E-state index contributed by atoms with van der Waals surface area (Å²) in [6, 6.07) is 9.54. The van der Waals surface area contributed by atoms with Gasteiger partial charge in [-0.15, -0.1) is 0 Å². The average Bonchev–Trinajstić information content (AvgIpc) is 3.07. The largest absolute Gasteiger partial charge is 0.352 e. The van der Waals surface area contributed by atoms with Crippen LogP contribution in [0.3, 0.4) is 0 Å². The lowest BCUT2D eigenvalue weighted by molar-refractivity contribution is 0.0954. The van der Waals surface area contributed by atoms with Crippen LogP contribution in [0.25, 0.3) is 5.69 Å². The van der Waals surface area contributed by atoms with Crippen molar-refractivity contribution in [1.82, 2.24) is 24.9 Å². The van der Waals surface area contributed by atoms with Crippen molar-refractivity contribution in [2.45, 2.75) is 34.1 Å². The predicted octanol–water partition coefficient (Wildman–Crippen LogP) is 2.81. The Morgan fingerprint density at radius 2 is 1.77 bits per heavy atom. The van der Waals surface area contributed by atoms with E-state index >= 15 is 0 Å². The Labute approximate surface area is 153 Å². The van der Waals surface area contributed by atoms with E-state index in [9.17, 15) is 4.79 Å². The summed E-state index contributed by atoms with van der Waals surface area (Å²) in [5, 5.41) is 11.9. The standard InChI is InChI=1S/C20H25N5O/c1-13-12-14(2)25(22-13)18-8-6-17(7-9-18)20(26)21-11-10-19-15(3)23-24(5)16(19)4/h6-9,12H,10-11H2,1-5H3,(H,21,26). The van der Waals surface area contributed by atoms with Crippen LogP contribution in [0, 0.1) is 27.7 Å². The summed E-state index contributed by atoms with van der Waals surface area (Å²) in [6.45, 7) is 8.63. The van der Waals surface area contributed by atoms with Gasteiger partial charge >= 0.3 is 0 Å². The molecule has 0 saturated carbocycles. The molecule has 3 rings (SSSR count). The first-order chi connectivity index (χ1) is 12.4. The van der Waals surface area contributed by atoms with Crippen LogP contribution < -0.4 is 5.32 Å². The quantitative estimate of drug-likeness (QED) is 0.769. The van der Waals surface area contributed by atoms with Gasteiger partial charge in [-0.3, -0.25) is 9.48 Å². The molecule has 1 aromatic carbocycles. The number of hydrogen-bond donors (Lipinski definition) is 1. The molecule has 1 N–H and O–H groups in total. The van der Waals surface area contributed by atoms with Crippen molar-refractivity contribution in [2.75, 3.05) is 6.54 Å². The molecule has 0 aliphatic heterocycles. The maximum Gasteiger partial charge on any atom is 0.251 e. The van der Waals surface area contributed by atoms with E-state index in [0.29, 0.717) is 12.1 Å². The van der Waals surface area contributed by atoms with E-state index in [2.05, 4.69) is 22.4 Å². The summed E-state index contributed by atoms with van der Waals surface area (Å²) in [7, 11) is 1.94. The summed E-state index contributed by atoms with van der Waals surface area (Å²) in [4.78, 5) is 12.4. The second-order valence-electron chi connectivity index (χ2n) is 6.66. The van der Waals surface area contributed by atoms with Crippen LogP contribution >= 0.6 is 0 Å². The molecule has 1 amide bonds. The molecule has 6 nitrogen and oxygen atoms in total. The average molecular weight is 351 g/mol. The lowest BCUT2D eigenvalue weighted by Crippen LogP contribution is -2.26. The van der Waals surface area contributed by atoms with E-state index in [1.807, 2.05) is 67.5 Å². The van der Waals surface area contributed by atoms with E-state index < -0.39 is 0 Å². The van der Waals surface area contributed by atoms with Gasteiger partial charge in [-0.05, 0) is 70.0 Å². The molecule has 6 heteroatoms. The molecule has 2 aromatic heterocycles. The van der Waals surface area contributed by atoms with E-state index in [0.717, 1.165) is 34.9 Å². The van der Waals surface area contributed by atoms with Crippen molar-refractivity contribution in [1.29, 1.82) is 0 Å². The molecule has 26 heavy (non-hydrogen) atoms. The third kappa shape index (κ3) is 3.54. The van der Waals surface area contributed by atoms with Crippen LogP contribution in [0.2, 0.25) is 0 Å². The minimum absolute atomic E-state index is 0.0656. The number of nitrogens with zero attached hydrogens (tertiary/aromatic N) is 4. The van der Waals surface area contributed by atoms with Crippen LogP contribution in [0.4, 0.5) is 0 Å². The Kier molecular flexibility index (Phi) is 4.93. The van der Waals surface area contributed by atoms with Gasteiger partial charge in [0.15, 0.2) is 0 Å². The van der Waals surface area contributed by atoms with Gasteiger partial charge < -0.3 is 5.32 Å². The fourth-order valence-corrected chi connectivity index (χ4v) is 3.23. The first-order valence-corrected chi connectivity index (χ1v) is 8.78. The normalized spacial score (nSPS) is 11.0. The molecule has 0 saturated heterocycles. The summed E-state index contributed by atoms with van der Waals surface area (Å²) in [5.74, 6) is -0.0656. The number of carbonyl (C=O) groups excluding carboxylic acids is 1. The van der Waals surface area contributed by atoms with Crippen LogP contribution in [-0.2, 0) is 13.5 Å². The Bertz CT molecular complexity index is 934. The first-order valence-electron chi connectivity index (χ1n) is 8.78. The summed E-state index contributed by atoms with van der Waals surface area (Å²) in [5.41, 5.74) is 7.02. The number of benzene rings is 1. The molecule has 0 unspecified atom stereocenters. The highest BCUT2D eigenvalue weighted by Crippen LogP contribution is 2.14. The number of rotatable bonds is 5. The van der Waals surface area contributed by atoms with E-state index in [1.54, 1.807) is 0 Å². The molecular weight excluding hydrogens is 326 g/mol. The topological polar surface area (TPSA) is 64.7 Å². The highest BCUT2D eigenvalue weighted by atomic mass is 16.1. The molecule has 0 fully saturated rings. The number of hydrogen-bond acceptors (Lipinski definition) is 3. The number of nitrogens with one attached hydrogen (secondary N) is 1.